The summed E-state index contributed by atoms with van der Waals surface area (Å²) in [5.74, 6) is 0.00743. The number of nitrogens with zero attached hydrogens (tertiary/aromatic N) is 1. The zero-order valence-corrected chi connectivity index (χ0v) is 21.2. The summed E-state index contributed by atoms with van der Waals surface area (Å²) in [7, 11) is 0. The number of halogens is 1. The molecule has 1 nitrogen and oxygen atoms in total. The lowest BCUT2D eigenvalue weighted by Crippen LogP contribution is -2.31. The summed E-state index contributed by atoms with van der Waals surface area (Å²) in [6, 6.07) is 48.9. The molecule has 0 N–H and O–H groups in total. The van der Waals surface area contributed by atoms with Crippen LogP contribution >= 0.6 is 23.4 Å². The van der Waals surface area contributed by atoms with E-state index in [9.17, 15) is 0 Å². The molecule has 1 aliphatic rings. The van der Waals surface area contributed by atoms with Crippen molar-refractivity contribution in [2.75, 3.05) is 0 Å². The molecule has 1 heterocycles. The second-order valence-electron chi connectivity index (χ2n) is 8.88. The van der Waals surface area contributed by atoms with Crippen LogP contribution in [0, 0.1) is 0 Å². The Bertz CT molecular complexity index is 1420. The van der Waals surface area contributed by atoms with Crippen LogP contribution in [0.25, 0.3) is 0 Å². The Hall–Kier alpha value is -3.59. The van der Waals surface area contributed by atoms with Crippen LogP contribution in [0.2, 0.25) is 5.02 Å². The van der Waals surface area contributed by atoms with E-state index in [1.807, 2.05) is 17.8 Å². The first-order valence-electron chi connectivity index (χ1n) is 12.0. The van der Waals surface area contributed by atoms with Gasteiger partial charge in [0.15, 0.2) is 0 Å². The molecule has 5 aromatic carbocycles. The highest BCUT2D eigenvalue weighted by Gasteiger charge is 2.44. The van der Waals surface area contributed by atoms with E-state index < -0.39 is 4.75 Å². The molecule has 0 amide bonds. The fourth-order valence-corrected chi connectivity index (χ4v) is 6.88. The average Bonchev–Trinajstić information content (AvgIpc) is 2.95. The molecule has 0 saturated carbocycles. The van der Waals surface area contributed by atoms with Crippen molar-refractivity contribution in [3.63, 3.8) is 0 Å². The van der Waals surface area contributed by atoms with E-state index in [4.69, 9.17) is 16.6 Å². The number of fused-ring (bicyclic) bond motifs is 1. The van der Waals surface area contributed by atoms with Crippen molar-refractivity contribution in [3.8, 4) is 0 Å². The van der Waals surface area contributed by atoms with Crippen LogP contribution in [-0.4, -0.2) is 5.04 Å². The molecule has 174 valence electrons. The van der Waals surface area contributed by atoms with Crippen LogP contribution < -0.4 is 0 Å². The number of aliphatic imine (C=N–C) groups is 1. The Morgan fingerprint density at radius 1 is 0.583 bits per heavy atom. The van der Waals surface area contributed by atoms with Crippen molar-refractivity contribution < 1.29 is 0 Å². The molecule has 36 heavy (non-hydrogen) atoms. The molecule has 0 fully saturated rings. The molecule has 0 atom stereocenters. The summed E-state index contributed by atoms with van der Waals surface area (Å²) in [5.41, 5.74) is 6.93. The van der Waals surface area contributed by atoms with Gasteiger partial charge in [0.05, 0.1) is 21.4 Å². The lowest BCUT2D eigenvalue weighted by atomic mass is 9.82. The lowest BCUT2D eigenvalue weighted by Gasteiger charge is -2.40. The zero-order valence-electron chi connectivity index (χ0n) is 19.6. The summed E-state index contributed by atoms with van der Waals surface area (Å²) in [4.78, 5) is 5.31. The minimum Gasteiger partial charge on any atom is -0.245 e. The fraction of sp³-hybridized carbons (Fsp3) is 0.0606. The van der Waals surface area contributed by atoms with Gasteiger partial charge in [0.25, 0.3) is 0 Å². The van der Waals surface area contributed by atoms with Gasteiger partial charge in [0.2, 0.25) is 0 Å². The van der Waals surface area contributed by atoms with Crippen molar-refractivity contribution in [3.05, 3.63) is 172 Å². The molecule has 0 radical (unpaired) electrons. The molecule has 0 spiro atoms. The SMILES string of the molecule is Clc1ccc2c(c1)C(c1ccccc1)(c1ccccc1)SC(C(c1ccccc1)c1ccccc1)=N2. The Morgan fingerprint density at radius 3 is 1.56 bits per heavy atom. The smallest absolute Gasteiger partial charge is 0.0987 e. The van der Waals surface area contributed by atoms with Gasteiger partial charge in [-0.3, -0.25) is 0 Å². The second kappa shape index (κ2) is 9.81. The maximum atomic E-state index is 6.61. The Labute approximate surface area is 221 Å². The molecule has 5 aromatic rings. The number of rotatable bonds is 5. The molecular formula is C33H24ClNS. The van der Waals surface area contributed by atoms with Gasteiger partial charge in [0.1, 0.15) is 0 Å². The van der Waals surface area contributed by atoms with Gasteiger partial charge in [-0.25, -0.2) is 4.99 Å². The van der Waals surface area contributed by atoms with Crippen molar-refractivity contribution >= 4 is 34.1 Å². The summed E-state index contributed by atoms with van der Waals surface area (Å²) in [6.07, 6.45) is 0. The minimum absolute atomic E-state index is 0.00743. The van der Waals surface area contributed by atoms with E-state index in [1.54, 1.807) is 0 Å². The third kappa shape index (κ3) is 4.07. The number of thioether (sulfide) groups is 1. The second-order valence-corrected chi connectivity index (χ2v) is 10.6. The molecule has 0 aromatic heterocycles. The van der Waals surface area contributed by atoms with Gasteiger partial charge in [-0.1, -0.05) is 145 Å². The standard InChI is InChI=1S/C33H24ClNS/c34-28-21-22-30-29(23-28)33(26-17-9-3-10-18-26,27-19-11-4-12-20-27)36-32(35-30)31(24-13-5-1-6-14-24)25-15-7-2-8-16-25/h1-23,31H. The van der Waals surface area contributed by atoms with E-state index in [-0.39, 0.29) is 5.92 Å². The van der Waals surface area contributed by atoms with Gasteiger partial charge in [-0.05, 0) is 40.5 Å². The third-order valence-electron chi connectivity index (χ3n) is 6.70. The predicted molar refractivity (Wildman–Crippen MR) is 154 cm³/mol. The molecular weight excluding hydrogens is 478 g/mol. The largest absolute Gasteiger partial charge is 0.245 e. The maximum absolute atomic E-state index is 6.61. The van der Waals surface area contributed by atoms with Gasteiger partial charge in [-0.15, -0.1) is 0 Å². The number of benzene rings is 5. The van der Waals surface area contributed by atoms with Crippen molar-refractivity contribution in [2.45, 2.75) is 10.7 Å². The van der Waals surface area contributed by atoms with Crippen molar-refractivity contribution in [2.24, 2.45) is 4.99 Å². The molecule has 0 saturated heterocycles. The highest BCUT2D eigenvalue weighted by atomic mass is 35.5. The van der Waals surface area contributed by atoms with Crippen molar-refractivity contribution in [1.29, 1.82) is 0 Å². The Morgan fingerprint density at radius 2 is 1.06 bits per heavy atom. The first-order chi connectivity index (χ1) is 17.8. The molecule has 0 unspecified atom stereocenters. The highest BCUT2D eigenvalue weighted by Crippen LogP contribution is 2.57. The van der Waals surface area contributed by atoms with E-state index >= 15 is 0 Å². The topological polar surface area (TPSA) is 12.4 Å². The normalized spacial score (nSPS) is 14.2. The lowest BCUT2D eigenvalue weighted by molar-refractivity contribution is 0.893. The molecule has 1 aliphatic heterocycles. The van der Waals surface area contributed by atoms with Crippen LogP contribution in [0.5, 0.6) is 0 Å². The van der Waals surface area contributed by atoms with Gasteiger partial charge in [0, 0.05) is 10.6 Å². The minimum atomic E-state index is -0.498. The zero-order chi connectivity index (χ0) is 24.4. The summed E-state index contributed by atoms with van der Waals surface area (Å²) >= 11 is 8.44. The van der Waals surface area contributed by atoms with Gasteiger partial charge in [-0.2, -0.15) is 0 Å². The van der Waals surface area contributed by atoms with Crippen LogP contribution in [0.3, 0.4) is 0 Å². The van der Waals surface area contributed by atoms with Crippen LogP contribution in [-0.2, 0) is 4.75 Å². The first-order valence-corrected chi connectivity index (χ1v) is 13.2. The molecule has 6 rings (SSSR count). The van der Waals surface area contributed by atoms with Gasteiger partial charge < -0.3 is 0 Å². The maximum Gasteiger partial charge on any atom is 0.0987 e. The highest BCUT2D eigenvalue weighted by molar-refractivity contribution is 8.15. The predicted octanol–water partition coefficient (Wildman–Crippen LogP) is 9.24. The Balaban J connectivity index is 1.65. The van der Waals surface area contributed by atoms with E-state index in [2.05, 4.69) is 133 Å². The average molecular weight is 502 g/mol. The summed E-state index contributed by atoms with van der Waals surface area (Å²) in [6.45, 7) is 0. The monoisotopic (exact) mass is 501 g/mol. The Kier molecular flexibility index (Phi) is 6.23. The summed E-state index contributed by atoms with van der Waals surface area (Å²) in [5, 5.41) is 1.78. The van der Waals surface area contributed by atoms with Crippen LogP contribution in [0.1, 0.15) is 33.7 Å². The third-order valence-corrected chi connectivity index (χ3v) is 8.47. The van der Waals surface area contributed by atoms with Gasteiger partial charge >= 0.3 is 0 Å². The number of hydrogen-bond donors (Lipinski definition) is 0. The van der Waals surface area contributed by atoms with Crippen LogP contribution in [0.15, 0.2) is 145 Å². The quantitative estimate of drug-likeness (QED) is 0.234. The van der Waals surface area contributed by atoms with Crippen LogP contribution in [0.4, 0.5) is 5.69 Å². The molecule has 0 bridgehead atoms. The van der Waals surface area contributed by atoms with E-state index in [0.717, 1.165) is 16.3 Å². The van der Waals surface area contributed by atoms with E-state index in [0.29, 0.717) is 5.02 Å². The van der Waals surface area contributed by atoms with Crippen molar-refractivity contribution in [1.82, 2.24) is 0 Å². The molecule has 0 aliphatic carbocycles. The fourth-order valence-electron chi connectivity index (χ4n) is 5.07. The molecule has 3 heteroatoms. The summed E-state index contributed by atoms with van der Waals surface area (Å²) < 4.78 is -0.498. The number of hydrogen-bond acceptors (Lipinski definition) is 2. The first kappa shape index (κ1) is 22.8. The van der Waals surface area contributed by atoms with E-state index in [1.165, 1.54) is 22.3 Å².